The van der Waals surface area contributed by atoms with E-state index >= 15 is 0 Å². The summed E-state index contributed by atoms with van der Waals surface area (Å²) >= 11 is 0. The van der Waals surface area contributed by atoms with E-state index in [2.05, 4.69) is 0 Å². The summed E-state index contributed by atoms with van der Waals surface area (Å²) in [5.74, 6) is -1.97. The second-order valence-electron chi connectivity index (χ2n) is 2.95. The molecule has 0 amide bonds. The molecule has 0 fully saturated rings. The van der Waals surface area contributed by atoms with Crippen LogP contribution in [0.3, 0.4) is 0 Å². The maximum absolute atomic E-state index is 13.1. The van der Waals surface area contributed by atoms with Crippen molar-refractivity contribution < 1.29 is 13.9 Å². The van der Waals surface area contributed by atoms with E-state index in [4.69, 9.17) is 10.4 Å². The van der Waals surface area contributed by atoms with Crippen LogP contribution >= 0.6 is 0 Å². The fourth-order valence-electron chi connectivity index (χ4n) is 1.10. The van der Waals surface area contributed by atoms with Crippen molar-refractivity contribution in [2.24, 2.45) is 5.92 Å². The highest BCUT2D eigenvalue weighted by Crippen LogP contribution is 2.13. The van der Waals surface area contributed by atoms with Crippen LogP contribution in [0, 0.1) is 28.9 Å². The van der Waals surface area contributed by atoms with E-state index in [9.17, 15) is 8.78 Å². The summed E-state index contributed by atoms with van der Waals surface area (Å²) in [5.41, 5.74) is 0.243. The van der Waals surface area contributed by atoms with Crippen LogP contribution in [0.2, 0.25) is 0 Å². The third-order valence-electron chi connectivity index (χ3n) is 1.88. The zero-order chi connectivity index (χ0) is 10.6. The molecule has 0 aliphatic heterocycles. The van der Waals surface area contributed by atoms with Gasteiger partial charge in [-0.25, -0.2) is 8.78 Å². The number of aliphatic hydroxyl groups excluding tert-OH is 1. The number of halogens is 2. The van der Waals surface area contributed by atoms with Crippen molar-refractivity contribution >= 4 is 0 Å². The maximum Gasteiger partial charge on any atom is 0.129 e. The van der Waals surface area contributed by atoms with Crippen LogP contribution in [0.15, 0.2) is 18.2 Å². The normalized spacial score (nSPS) is 12.1. The van der Waals surface area contributed by atoms with E-state index in [1.807, 2.05) is 6.07 Å². The minimum absolute atomic E-state index is 0.0963. The molecule has 2 nitrogen and oxygen atoms in total. The SMILES string of the molecule is N#CC(CO)Cc1ccc(F)cc1F. The Balaban J connectivity index is 2.82. The Hall–Kier alpha value is -1.47. The molecule has 1 N–H and O–H groups in total. The van der Waals surface area contributed by atoms with Gasteiger partial charge >= 0.3 is 0 Å². The monoisotopic (exact) mass is 197 g/mol. The highest BCUT2D eigenvalue weighted by Gasteiger charge is 2.10. The first-order valence-electron chi connectivity index (χ1n) is 4.11. The summed E-state index contributed by atoms with van der Waals surface area (Å²) in [7, 11) is 0. The first-order valence-corrected chi connectivity index (χ1v) is 4.11. The van der Waals surface area contributed by atoms with E-state index in [1.165, 1.54) is 6.07 Å². The zero-order valence-electron chi connectivity index (χ0n) is 7.37. The largest absolute Gasteiger partial charge is 0.395 e. The van der Waals surface area contributed by atoms with Gasteiger partial charge in [-0.1, -0.05) is 6.07 Å². The number of hydrogen-bond acceptors (Lipinski definition) is 2. The van der Waals surface area contributed by atoms with Crippen molar-refractivity contribution in [3.05, 3.63) is 35.4 Å². The first kappa shape index (κ1) is 10.6. The van der Waals surface area contributed by atoms with Crippen molar-refractivity contribution in [3.63, 3.8) is 0 Å². The Morgan fingerprint density at radius 1 is 1.43 bits per heavy atom. The average Bonchev–Trinajstić information content (AvgIpc) is 2.17. The summed E-state index contributed by atoms with van der Waals surface area (Å²) < 4.78 is 25.5. The highest BCUT2D eigenvalue weighted by molar-refractivity contribution is 5.20. The fourth-order valence-corrected chi connectivity index (χ4v) is 1.10. The minimum Gasteiger partial charge on any atom is -0.395 e. The Morgan fingerprint density at radius 2 is 2.14 bits per heavy atom. The second kappa shape index (κ2) is 4.68. The van der Waals surface area contributed by atoms with E-state index in [1.54, 1.807) is 0 Å². The molecule has 0 saturated carbocycles. The smallest absolute Gasteiger partial charge is 0.129 e. The lowest BCUT2D eigenvalue weighted by molar-refractivity contribution is 0.255. The first-order chi connectivity index (χ1) is 6.67. The summed E-state index contributed by atoms with van der Waals surface area (Å²) in [5, 5.41) is 17.2. The lowest BCUT2D eigenvalue weighted by atomic mass is 10.0. The van der Waals surface area contributed by atoms with Gasteiger partial charge in [0.2, 0.25) is 0 Å². The molecule has 1 aromatic carbocycles. The number of benzene rings is 1. The molecule has 0 saturated heterocycles. The zero-order valence-corrected chi connectivity index (χ0v) is 7.37. The highest BCUT2D eigenvalue weighted by atomic mass is 19.1. The molecule has 0 aromatic heterocycles. The standard InChI is InChI=1S/C10H9F2NO/c11-9-2-1-8(10(12)4-9)3-7(5-13)6-14/h1-2,4,7,14H,3,6H2. The third-order valence-corrected chi connectivity index (χ3v) is 1.88. The van der Waals surface area contributed by atoms with Gasteiger partial charge in [0.15, 0.2) is 0 Å². The van der Waals surface area contributed by atoms with Crippen molar-refractivity contribution in [1.82, 2.24) is 0 Å². The maximum atomic E-state index is 13.1. The molecule has 1 rings (SSSR count). The lowest BCUT2D eigenvalue weighted by Crippen LogP contribution is -2.08. The molecule has 0 aliphatic rings. The Morgan fingerprint density at radius 3 is 2.64 bits per heavy atom. The molecule has 0 spiro atoms. The number of aliphatic hydroxyl groups is 1. The molecule has 0 heterocycles. The van der Waals surface area contributed by atoms with Crippen molar-refractivity contribution in [1.29, 1.82) is 5.26 Å². The van der Waals surface area contributed by atoms with E-state index in [0.717, 1.165) is 12.1 Å². The fraction of sp³-hybridized carbons (Fsp3) is 0.300. The van der Waals surface area contributed by atoms with Crippen molar-refractivity contribution in [3.8, 4) is 6.07 Å². The third kappa shape index (κ3) is 2.51. The van der Waals surface area contributed by atoms with E-state index < -0.39 is 17.6 Å². The minimum atomic E-state index is -0.682. The quantitative estimate of drug-likeness (QED) is 0.800. The van der Waals surface area contributed by atoms with Gasteiger partial charge in [0.1, 0.15) is 11.6 Å². The van der Waals surface area contributed by atoms with Crippen LogP contribution in [0.25, 0.3) is 0 Å². The predicted molar refractivity (Wildman–Crippen MR) is 46.3 cm³/mol. The Bertz CT molecular complexity index is 360. The number of nitriles is 1. The van der Waals surface area contributed by atoms with Gasteiger partial charge < -0.3 is 5.11 Å². The van der Waals surface area contributed by atoms with Crippen LogP contribution in [0.4, 0.5) is 8.78 Å². The molecule has 1 unspecified atom stereocenters. The van der Waals surface area contributed by atoms with Crippen LogP contribution in [-0.2, 0) is 6.42 Å². The molecule has 0 radical (unpaired) electrons. The van der Waals surface area contributed by atoms with Crippen LogP contribution in [0.5, 0.6) is 0 Å². The molecule has 1 atom stereocenters. The molecule has 14 heavy (non-hydrogen) atoms. The Kier molecular flexibility index (Phi) is 3.55. The molecule has 1 aromatic rings. The number of rotatable bonds is 3. The van der Waals surface area contributed by atoms with E-state index in [0.29, 0.717) is 0 Å². The van der Waals surface area contributed by atoms with Crippen LogP contribution in [0.1, 0.15) is 5.56 Å². The number of hydrogen-bond donors (Lipinski definition) is 1. The molecule has 4 heteroatoms. The van der Waals surface area contributed by atoms with Gasteiger partial charge in [-0.3, -0.25) is 0 Å². The van der Waals surface area contributed by atoms with E-state index in [-0.39, 0.29) is 18.6 Å². The Labute approximate surface area is 80.4 Å². The van der Waals surface area contributed by atoms with Gasteiger partial charge in [-0.15, -0.1) is 0 Å². The van der Waals surface area contributed by atoms with Crippen molar-refractivity contribution in [2.75, 3.05) is 6.61 Å². The average molecular weight is 197 g/mol. The lowest BCUT2D eigenvalue weighted by Gasteiger charge is -2.06. The van der Waals surface area contributed by atoms with Crippen LogP contribution < -0.4 is 0 Å². The van der Waals surface area contributed by atoms with Gasteiger partial charge in [0.05, 0.1) is 18.6 Å². The number of nitrogens with zero attached hydrogens (tertiary/aromatic N) is 1. The predicted octanol–water partition coefficient (Wildman–Crippen LogP) is 1.64. The van der Waals surface area contributed by atoms with Gasteiger partial charge in [0.25, 0.3) is 0 Å². The topological polar surface area (TPSA) is 44.0 Å². The summed E-state index contributed by atoms with van der Waals surface area (Å²) in [4.78, 5) is 0. The summed E-state index contributed by atoms with van der Waals surface area (Å²) in [6.07, 6.45) is 0.0963. The van der Waals surface area contributed by atoms with Crippen molar-refractivity contribution in [2.45, 2.75) is 6.42 Å². The molecule has 0 aliphatic carbocycles. The summed E-state index contributed by atoms with van der Waals surface area (Å²) in [6.45, 7) is -0.326. The molecular weight excluding hydrogens is 188 g/mol. The van der Waals surface area contributed by atoms with Gasteiger partial charge in [0, 0.05) is 6.07 Å². The molecular formula is C10H9F2NO. The van der Waals surface area contributed by atoms with Gasteiger partial charge in [-0.05, 0) is 18.1 Å². The molecule has 0 bridgehead atoms. The summed E-state index contributed by atoms with van der Waals surface area (Å²) in [6, 6.07) is 5.01. The second-order valence-corrected chi connectivity index (χ2v) is 2.95. The molecule has 74 valence electrons. The van der Waals surface area contributed by atoms with Crippen LogP contribution in [-0.4, -0.2) is 11.7 Å². The van der Waals surface area contributed by atoms with Gasteiger partial charge in [-0.2, -0.15) is 5.26 Å².